The zero-order chi connectivity index (χ0) is 12.8. The third-order valence-electron chi connectivity index (χ3n) is 5.40. The molecule has 0 spiro atoms. The monoisotopic (exact) mass is 261 g/mol. The van der Waals surface area contributed by atoms with Crippen molar-refractivity contribution in [1.29, 1.82) is 0 Å². The van der Waals surface area contributed by atoms with Gasteiger partial charge in [0.2, 0.25) is 5.95 Å². The molecule has 1 aromatic heterocycles. The minimum atomic E-state index is 0.361. The van der Waals surface area contributed by atoms with Crippen molar-refractivity contribution in [1.82, 2.24) is 15.2 Å². The fraction of sp³-hybridized carbons (Fsp3) is 0.857. The van der Waals surface area contributed by atoms with Gasteiger partial charge in [-0.1, -0.05) is 6.42 Å². The Balaban J connectivity index is 1.47. The summed E-state index contributed by atoms with van der Waals surface area (Å²) in [4.78, 5) is 7.05. The van der Waals surface area contributed by atoms with Gasteiger partial charge in [0.1, 0.15) is 5.82 Å². The first kappa shape index (κ1) is 11.7. The van der Waals surface area contributed by atoms with Crippen LogP contribution in [0.15, 0.2) is 0 Å². The van der Waals surface area contributed by atoms with E-state index < -0.39 is 0 Å². The highest BCUT2D eigenvalue weighted by Crippen LogP contribution is 2.52. The SMILES string of the molecule is NC1CCN(c2n[nH]c(C3CC4CCC3C4)n2)CC1. The van der Waals surface area contributed by atoms with Gasteiger partial charge in [-0.2, -0.15) is 4.98 Å². The summed E-state index contributed by atoms with van der Waals surface area (Å²) in [6.45, 7) is 1.99. The molecule has 5 heteroatoms. The van der Waals surface area contributed by atoms with Crippen LogP contribution in [-0.2, 0) is 0 Å². The molecule has 4 rings (SSSR count). The van der Waals surface area contributed by atoms with Gasteiger partial charge in [0.25, 0.3) is 0 Å². The molecule has 0 radical (unpaired) electrons. The third-order valence-corrected chi connectivity index (χ3v) is 5.40. The number of hydrogen-bond donors (Lipinski definition) is 2. The van der Waals surface area contributed by atoms with Crippen LogP contribution in [0.5, 0.6) is 0 Å². The molecular weight excluding hydrogens is 238 g/mol. The fourth-order valence-corrected chi connectivity index (χ4v) is 4.25. The van der Waals surface area contributed by atoms with Crippen molar-refractivity contribution in [2.24, 2.45) is 17.6 Å². The standard InChI is InChI=1S/C14H23N5/c15-11-3-5-19(6-4-11)14-16-13(17-18-14)12-8-9-1-2-10(12)7-9/h9-12H,1-8,15H2,(H,16,17,18). The average Bonchev–Trinajstić information content (AvgIpc) is 3.15. The van der Waals surface area contributed by atoms with Gasteiger partial charge in [0.15, 0.2) is 0 Å². The van der Waals surface area contributed by atoms with E-state index in [1.807, 2.05) is 0 Å². The van der Waals surface area contributed by atoms with Crippen LogP contribution in [0, 0.1) is 11.8 Å². The van der Waals surface area contributed by atoms with Crippen LogP contribution >= 0.6 is 0 Å². The molecule has 3 fully saturated rings. The summed E-state index contributed by atoms with van der Waals surface area (Å²) in [6.07, 6.45) is 7.68. The number of nitrogens with zero attached hydrogens (tertiary/aromatic N) is 3. The Labute approximate surface area is 114 Å². The number of anilines is 1. The minimum Gasteiger partial charge on any atom is -0.339 e. The van der Waals surface area contributed by atoms with E-state index in [9.17, 15) is 0 Å². The van der Waals surface area contributed by atoms with Crippen LogP contribution in [0.1, 0.15) is 50.3 Å². The number of aromatic nitrogens is 3. The predicted molar refractivity (Wildman–Crippen MR) is 74.0 cm³/mol. The summed E-state index contributed by atoms with van der Waals surface area (Å²) >= 11 is 0. The van der Waals surface area contributed by atoms with Crippen LogP contribution in [0.2, 0.25) is 0 Å². The molecule has 5 nitrogen and oxygen atoms in total. The average molecular weight is 261 g/mol. The van der Waals surface area contributed by atoms with Crippen LogP contribution in [-0.4, -0.2) is 34.3 Å². The maximum Gasteiger partial charge on any atom is 0.244 e. The topological polar surface area (TPSA) is 70.8 Å². The van der Waals surface area contributed by atoms with Gasteiger partial charge < -0.3 is 10.6 Å². The Hall–Kier alpha value is -1.10. The predicted octanol–water partition coefficient (Wildman–Crippen LogP) is 1.64. The van der Waals surface area contributed by atoms with Crippen LogP contribution in [0.25, 0.3) is 0 Å². The molecule has 104 valence electrons. The number of nitrogens with two attached hydrogens (primary N) is 1. The molecule has 1 aromatic rings. The summed E-state index contributed by atoms with van der Waals surface area (Å²) in [5, 5.41) is 7.65. The normalized spacial score (nSPS) is 35.2. The van der Waals surface area contributed by atoms with Gasteiger partial charge in [0.05, 0.1) is 0 Å². The lowest BCUT2D eigenvalue weighted by Gasteiger charge is -2.29. The quantitative estimate of drug-likeness (QED) is 0.849. The number of rotatable bonds is 2. The van der Waals surface area contributed by atoms with Gasteiger partial charge in [-0.25, -0.2) is 0 Å². The van der Waals surface area contributed by atoms with E-state index >= 15 is 0 Å². The third kappa shape index (κ3) is 2.04. The minimum absolute atomic E-state index is 0.361. The second-order valence-corrected chi connectivity index (χ2v) is 6.63. The molecule has 0 amide bonds. The zero-order valence-electron chi connectivity index (χ0n) is 11.4. The Kier molecular flexibility index (Phi) is 2.76. The summed E-state index contributed by atoms with van der Waals surface area (Å²) in [5.41, 5.74) is 5.95. The molecule has 1 aliphatic heterocycles. The maximum atomic E-state index is 5.95. The summed E-state index contributed by atoms with van der Waals surface area (Å²) in [5.74, 6) is 4.49. The van der Waals surface area contributed by atoms with Crippen molar-refractivity contribution < 1.29 is 0 Å². The summed E-state index contributed by atoms with van der Waals surface area (Å²) in [6, 6.07) is 0.361. The van der Waals surface area contributed by atoms with Crippen molar-refractivity contribution in [2.45, 2.75) is 50.5 Å². The molecular formula is C14H23N5. The highest BCUT2D eigenvalue weighted by Gasteiger charge is 2.41. The maximum absolute atomic E-state index is 5.95. The molecule has 2 aliphatic carbocycles. The Morgan fingerprint density at radius 3 is 2.63 bits per heavy atom. The Morgan fingerprint density at radius 2 is 1.95 bits per heavy atom. The van der Waals surface area contributed by atoms with Crippen molar-refractivity contribution in [2.75, 3.05) is 18.0 Å². The molecule has 3 N–H and O–H groups in total. The number of H-pyrrole nitrogens is 1. The van der Waals surface area contributed by atoms with Gasteiger partial charge in [-0.15, -0.1) is 5.10 Å². The van der Waals surface area contributed by atoms with Gasteiger partial charge in [-0.3, -0.25) is 5.10 Å². The Morgan fingerprint density at radius 1 is 1.11 bits per heavy atom. The Bertz CT molecular complexity index is 448. The molecule has 19 heavy (non-hydrogen) atoms. The van der Waals surface area contributed by atoms with E-state index in [0.717, 1.165) is 49.5 Å². The van der Waals surface area contributed by atoms with Gasteiger partial charge >= 0.3 is 0 Å². The summed E-state index contributed by atoms with van der Waals surface area (Å²) < 4.78 is 0. The summed E-state index contributed by atoms with van der Waals surface area (Å²) in [7, 11) is 0. The van der Waals surface area contributed by atoms with E-state index in [-0.39, 0.29) is 0 Å². The number of fused-ring (bicyclic) bond motifs is 2. The molecule has 3 unspecified atom stereocenters. The molecule has 1 saturated heterocycles. The van der Waals surface area contributed by atoms with E-state index in [4.69, 9.17) is 10.7 Å². The fourth-order valence-electron chi connectivity index (χ4n) is 4.25. The molecule has 3 atom stereocenters. The van der Waals surface area contributed by atoms with E-state index in [1.54, 1.807) is 0 Å². The van der Waals surface area contributed by atoms with Gasteiger partial charge in [0, 0.05) is 25.0 Å². The lowest BCUT2D eigenvalue weighted by atomic mass is 9.88. The van der Waals surface area contributed by atoms with Crippen LogP contribution in [0.3, 0.4) is 0 Å². The van der Waals surface area contributed by atoms with Crippen molar-refractivity contribution in [3.8, 4) is 0 Å². The lowest BCUT2D eigenvalue weighted by molar-refractivity contribution is 0.406. The number of piperidine rings is 1. The van der Waals surface area contributed by atoms with Gasteiger partial charge in [-0.05, 0) is 43.9 Å². The number of nitrogens with one attached hydrogen (secondary N) is 1. The smallest absolute Gasteiger partial charge is 0.244 e. The van der Waals surface area contributed by atoms with Crippen molar-refractivity contribution in [3.05, 3.63) is 5.82 Å². The molecule has 2 bridgehead atoms. The van der Waals surface area contributed by atoms with Crippen LogP contribution < -0.4 is 10.6 Å². The van der Waals surface area contributed by atoms with E-state index in [0.29, 0.717) is 12.0 Å². The second-order valence-electron chi connectivity index (χ2n) is 6.63. The first-order chi connectivity index (χ1) is 9.29. The molecule has 0 aromatic carbocycles. The first-order valence-electron chi connectivity index (χ1n) is 7.72. The highest BCUT2D eigenvalue weighted by molar-refractivity contribution is 5.30. The zero-order valence-corrected chi connectivity index (χ0v) is 11.4. The second kappa shape index (κ2) is 4.47. The van der Waals surface area contributed by atoms with Crippen molar-refractivity contribution in [3.63, 3.8) is 0 Å². The first-order valence-corrected chi connectivity index (χ1v) is 7.72. The molecule has 3 aliphatic rings. The number of hydrogen-bond acceptors (Lipinski definition) is 4. The van der Waals surface area contributed by atoms with Crippen molar-refractivity contribution >= 4 is 5.95 Å². The molecule has 2 saturated carbocycles. The van der Waals surface area contributed by atoms with Crippen LogP contribution in [0.4, 0.5) is 5.95 Å². The van der Waals surface area contributed by atoms with E-state index in [1.165, 1.54) is 25.7 Å². The molecule has 2 heterocycles. The number of aromatic amines is 1. The van der Waals surface area contributed by atoms with E-state index in [2.05, 4.69) is 15.1 Å². The largest absolute Gasteiger partial charge is 0.339 e. The lowest BCUT2D eigenvalue weighted by Crippen LogP contribution is -2.40. The highest BCUT2D eigenvalue weighted by atomic mass is 15.4.